The molecule has 3 nitrogen and oxygen atoms in total. The van der Waals surface area contributed by atoms with Gasteiger partial charge in [-0.2, -0.15) is 0 Å². The zero-order valence-corrected chi connectivity index (χ0v) is 12.4. The van der Waals surface area contributed by atoms with Crippen LogP contribution in [0.25, 0.3) is 0 Å². The van der Waals surface area contributed by atoms with Crippen LogP contribution in [0.5, 0.6) is 0 Å². The van der Waals surface area contributed by atoms with Crippen LogP contribution in [-0.4, -0.2) is 24.3 Å². The van der Waals surface area contributed by atoms with Crippen LogP contribution in [-0.2, 0) is 16.1 Å². The highest BCUT2D eigenvalue weighted by atomic mass is 32.1. The van der Waals surface area contributed by atoms with Crippen molar-refractivity contribution >= 4 is 17.2 Å². The van der Waals surface area contributed by atoms with E-state index in [1.165, 1.54) is 6.07 Å². The fourth-order valence-corrected chi connectivity index (χ4v) is 2.64. The normalized spacial score (nSPS) is 22.7. The van der Waals surface area contributed by atoms with Crippen molar-refractivity contribution < 1.29 is 13.9 Å². The van der Waals surface area contributed by atoms with Crippen molar-refractivity contribution in [2.45, 2.75) is 44.5 Å². The first kappa shape index (κ1) is 15.4. The number of thiocarbonyl (C=S) groups is 1. The van der Waals surface area contributed by atoms with Gasteiger partial charge in [0.15, 0.2) is 0 Å². The van der Waals surface area contributed by atoms with E-state index in [0.29, 0.717) is 11.1 Å². The molecule has 0 saturated heterocycles. The number of rotatable bonds is 5. The van der Waals surface area contributed by atoms with Gasteiger partial charge < -0.3 is 15.2 Å². The molecule has 0 aromatic heterocycles. The van der Waals surface area contributed by atoms with Crippen molar-refractivity contribution in [3.8, 4) is 0 Å². The molecule has 1 aromatic rings. The van der Waals surface area contributed by atoms with E-state index in [9.17, 15) is 4.39 Å². The molecule has 2 unspecified atom stereocenters. The molecule has 2 N–H and O–H groups in total. The van der Waals surface area contributed by atoms with Gasteiger partial charge in [0.1, 0.15) is 10.8 Å². The van der Waals surface area contributed by atoms with Gasteiger partial charge in [-0.1, -0.05) is 12.2 Å². The topological polar surface area (TPSA) is 44.5 Å². The lowest BCUT2D eigenvalue weighted by molar-refractivity contribution is -0.0369. The van der Waals surface area contributed by atoms with Crippen molar-refractivity contribution in [3.63, 3.8) is 0 Å². The van der Waals surface area contributed by atoms with Crippen molar-refractivity contribution in [2.75, 3.05) is 7.11 Å². The second kappa shape index (κ2) is 7.11. The molecule has 110 valence electrons. The van der Waals surface area contributed by atoms with E-state index in [1.54, 1.807) is 19.2 Å². The summed E-state index contributed by atoms with van der Waals surface area (Å²) in [6.45, 7) is 0.239. The fraction of sp³-hybridized carbons (Fsp3) is 0.533. The molecule has 1 saturated carbocycles. The maximum absolute atomic E-state index is 13.7. The third kappa shape index (κ3) is 3.98. The predicted octanol–water partition coefficient (Wildman–Crippen LogP) is 2.93. The van der Waals surface area contributed by atoms with Crippen LogP contribution in [0.2, 0.25) is 0 Å². The molecule has 1 fully saturated rings. The van der Waals surface area contributed by atoms with Crippen molar-refractivity contribution in [1.29, 1.82) is 0 Å². The molecule has 0 heterocycles. The molecule has 1 aliphatic carbocycles. The quantitative estimate of drug-likeness (QED) is 0.849. The van der Waals surface area contributed by atoms with Gasteiger partial charge in [-0.25, -0.2) is 4.39 Å². The van der Waals surface area contributed by atoms with Crippen LogP contribution < -0.4 is 5.73 Å². The van der Waals surface area contributed by atoms with Gasteiger partial charge in [-0.3, -0.25) is 0 Å². The average Bonchev–Trinajstić information content (AvgIpc) is 2.46. The molecular formula is C15H20FNO2S. The van der Waals surface area contributed by atoms with Crippen LogP contribution in [0.15, 0.2) is 18.2 Å². The first-order valence-corrected chi connectivity index (χ1v) is 7.23. The number of nitrogens with two attached hydrogens (primary N) is 1. The van der Waals surface area contributed by atoms with Crippen molar-refractivity contribution in [1.82, 2.24) is 0 Å². The van der Waals surface area contributed by atoms with Crippen LogP contribution >= 0.6 is 12.2 Å². The lowest BCUT2D eigenvalue weighted by Gasteiger charge is -2.28. The van der Waals surface area contributed by atoms with Gasteiger partial charge in [-0.15, -0.1) is 0 Å². The summed E-state index contributed by atoms with van der Waals surface area (Å²) in [5.74, 6) is -0.288. The SMILES string of the molecule is COC1CCCC(OCc2cc(C(N)=S)ccc2F)C1. The van der Waals surface area contributed by atoms with Crippen molar-refractivity contribution in [3.05, 3.63) is 35.1 Å². The summed E-state index contributed by atoms with van der Waals surface area (Å²) < 4.78 is 24.9. The summed E-state index contributed by atoms with van der Waals surface area (Å²) in [5, 5.41) is 0. The fourth-order valence-electron chi connectivity index (χ4n) is 2.51. The molecule has 1 aliphatic rings. The minimum atomic E-state index is -0.288. The lowest BCUT2D eigenvalue weighted by Crippen LogP contribution is -2.27. The first-order chi connectivity index (χ1) is 9.60. The Labute approximate surface area is 124 Å². The van der Waals surface area contributed by atoms with E-state index in [4.69, 9.17) is 27.4 Å². The second-order valence-electron chi connectivity index (χ2n) is 5.13. The Bertz CT molecular complexity index is 481. The van der Waals surface area contributed by atoms with E-state index in [1.807, 2.05) is 0 Å². The van der Waals surface area contributed by atoms with E-state index < -0.39 is 0 Å². The highest BCUT2D eigenvalue weighted by Gasteiger charge is 2.22. The zero-order valence-electron chi connectivity index (χ0n) is 11.6. The highest BCUT2D eigenvalue weighted by molar-refractivity contribution is 7.80. The molecule has 0 spiro atoms. The van der Waals surface area contributed by atoms with Gasteiger partial charge in [0.2, 0.25) is 0 Å². The number of methoxy groups -OCH3 is 1. The molecule has 0 aliphatic heterocycles. The van der Waals surface area contributed by atoms with Gasteiger partial charge in [0.25, 0.3) is 0 Å². The average molecular weight is 297 g/mol. The molecule has 1 aromatic carbocycles. The second-order valence-corrected chi connectivity index (χ2v) is 5.57. The monoisotopic (exact) mass is 297 g/mol. The molecule has 2 atom stereocenters. The number of ether oxygens (including phenoxy) is 2. The Morgan fingerprint density at radius 2 is 2.15 bits per heavy atom. The molecule has 2 rings (SSSR count). The third-order valence-corrected chi connectivity index (χ3v) is 3.95. The van der Waals surface area contributed by atoms with E-state index in [0.717, 1.165) is 25.7 Å². The minimum Gasteiger partial charge on any atom is -0.389 e. The molecule has 0 amide bonds. The smallest absolute Gasteiger partial charge is 0.128 e. The van der Waals surface area contributed by atoms with Crippen molar-refractivity contribution in [2.24, 2.45) is 5.73 Å². The van der Waals surface area contributed by atoms with E-state index >= 15 is 0 Å². The molecule has 0 radical (unpaired) electrons. The number of hydrogen-bond acceptors (Lipinski definition) is 3. The Balaban J connectivity index is 1.96. The van der Waals surface area contributed by atoms with Gasteiger partial charge >= 0.3 is 0 Å². The summed E-state index contributed by atoms with van der Waals surface area (Å²) in [6, 6.07) is 4.63. The summed E-state index contributed by atoms with van der Waals surface area (Å²) >= 11 is 4.90. The van der Waals surface area contributed by atoms with Crippen LogP contribution in [0.3, 0.4) is 0 Å². The van der Waals surface area contributed by atoms with Gasteiger partial charge in [-0.05, 0) is 43.9 Å². The maximum Gasteiger partial charge on any atom is 0.128 e. The standard InChI is InChI=1S/C15H20FNO2S/c1-18-12-3-2-4-13(8-12)19-9-11-7-10(15(17)20)5-6-14(11)16/h5-7,12-13H,2-4,8-9H2,1H3,(H2,17,20). The molecular weight excluding hydrogens is 277 g/mol. The number of halogens is 1. The van der Waals surface area contributed by atoms with Gasteiger partial charge in [0, 0.05) is 18.2 Å². The Morgan fingerprint density at radius 3 is 2.85 bits per heavy atom. The Kier molecular flexibility index (Phi) is 5.46. The third-order valence-electron chi connectivity index (χ3n) is 3.72. The maximum atomic E-state index is 13.7. The summed E-state index contributed by atoms with van der Waals surface area (Å²) in [4.78, 5) is 0.267. The van der Waals surface area contributed by atoms with E-state index in [-0.39, 0.29) is 29.6 Å². The summed E-state index contributed by atoms with van der Waals surface area (Å²) in [6.07, 6.45) is 4.40. The summed E-state index contributed by atoms with van der Waals surface area (Å²) in [5.41, 5.74) is 6.72. The molecule has 20 heavy (non-hydrogen) atoms. The molecule has 5 heteroatoms. The zero-order chi connectivity index (χ0) is 14.5. The lowest BCUT2D eigenvalue weighted by atomic mass is 9.95. The predicted molar refractivity (Wildman–Crippen MR) is 80.1 cm³/mol. The minimum absolute atomic E-state index is 0.126. The van der Waals surface area contributed by atoms with E-state index in [2.05, 4.69) is 0 Å². The van der Waals surface area contributed by atoms with Crippen LogP contribution in [0.4, 0.5) is 4.39 Å². The largest absolute Gasteiger partial charge is 0.389 e. The Hall–Kier alpha value is -1.04. The van der Waals surface area contributed by atoms with Crippen LogP contribution in [0.1, 0.15) is 36.8 Å². The number of benzene rings is 1. The first-order valence-electron chi connectivity index (χ1n) is 6.82. The van der Waals surface area contributed by atoms with Gasteiger partial charge in [0.05, 0.1) is 18.8 Å². The Morgan fingerprint density at radius 1 is 1.40 bits per heavy atom. The molecule has 0 bridgehead atoms. The summed E-state index contributed by atoms with van der Waals surface area (Å²) in [7, 11) is 1.72. The number of hydrogen-bond donors (Lipinski definition) is 1. The highest BCUT2D eigenvalue weighted by Crippen LogP contribution is 2.24. The van der Waals surface area contributed by atoms with Crippen LogP contribution in [0, 0.1) is 5.82 Å².